The van der Waals surface area contributed by atoms with Crippen molar-refractivity contribution in [3.05, 3.63) is 23.8 Å². The molecule has 1 aromatic rings. The maximum Gasteiger partial charge on any atom is 0.234 e. The molecule has 1 amide bonds. The number of carbonyl (C=O) groups excluding carboxylic acids is 1. The lowest BCUT2D eigenvalue weighted by atomic mass is 10.1. The molecular formula is C12H16N2OS. The fraction of sp³-hybridized carbons (Fsp3) is 0.417. The molecule has 0 aliphatic carbocycles. The van der Waals surface area contributed by atoms with Gasteiger partial charge in [-0.25, -0.2) is 0 Å². The summed E-state index contributed by atoms with van der Waals surface area (Å²) in [6.45, 7) is 0.748. The maximum atomic E-state index is 11.2. The summed E-state index contributed by atoms with van der Waals surface area (Å²) in [5.74, 6) is 0.621. The average Bonchev–Trinajstić information content (AvgIpc) is 2.29. The van der Waals surface area contributed by atoms with E-state index in [-0.39, 0.29) is 5.91 Å². The summed E-state index contributed by atoms with van der Waals surface area (Å²) in [7, 11) is 0. The number of amides is 1. The van der Waals surface area contributed by atoms with Crippen LogP contribution in [0.5, 0.6) is 0 Å². The number of carbonyl (C=O) groups is 1. The first-order chi connectivity index (χ1) is 7.79. The Bertz CT molecular complexity index is 393. The van der Waals surface area contributed by atoms with Gasteiger partial charge < -0.3 is 11.1 Å². The highest BCUT2D eigenvalue weighted by molar-refractivity contribution is 8.00. The smallest absolute Gasteiger partial charge is 0.234 e. The van der Waals surface area contributed by atoms with Gasteiger partial charge in [-0.05, 0) is 43.5 Å². The van der Waals surface area contributed by atoms with Crippen molar-refractivity contribution < 1.29 is 4.79 Å². The molecule has 16 heavy (non-hydrogen) atoms. The van der Waals surface area contributed by atoms with Gasteiger partial charge in [0, 0.05) is 4.90 Å². The van der Waals surface area contributed by atoms with E-state index in [9.17, 15) is 4.79 Å². The van der Waals surface area contributed by atoms with E-state index in [2.05, 4.69) is 23.5 Å². The van der Waals surface area contributed by atoms with Gasteiger partial charge in [-0.3, -0.25) is 4.79 Å². The van der Waals surface area contributed by atoms with E-state index < -0.39 is 0 Å². The van der Waals surface area contributed by atoms with Crippen molar-refractivity contribution in [3.63, 3.8) is 0 Å². The number of thioether (sulfide) groups is 1. The molecule has 0 radical (unpaired) electrons. The third-order valence-electron chi connectivity index (χ3n) is 2.60. The van der Waals surface area contributed by atoms with Gasteiger partial charge in [0.25, 0.3) is 0 Å². The molecule has 1 aliphatic rings. The molecule has 1 aromatic carbocycles. The molecule has 0 unspecified atom stereocenters. The zero-order valence-corrected chi connectivity index (χ0v) is 9.98. The van der Waals surface area contributed by atoms with Crippen LogP contribution in [0.1, 0.15) is 18.4 Å². The topological polar surface area (TPSA) is 55.1 Å². The van der Waals surface area contributed by atoms with Gasteiger partial charge in [0.2, 0.25) is 5.91 Å². The summed E-state index contributed by atoms with van der Waals surface area (Å²) in [6.07, 6.45) is 3.19. The molecule has 0 saturated carbocycles. The quantitative estimate of drug-likeness (QED) is 0.786. The number of hydrogen-bond acceptors (Lipinski definition) is 3. The highest BCUT2D eigenvalue weighted by Gasteiger charge is 2.14. The highest BCUT2D eigenvalue weighted by Crippen LogP contribution is 2.32. The Labute approximate surface area is 99.8 Å². The first-order valence-corrected chi connectivity index (χ1v) is 6.54. The molecule has 0 atom stereocenters. The third kappa shape index (κ3) is 2.77. The number of fused-ring (bicyclic) bond motifs is 1. The average molecular weight is 236 g/mol. The zero-order valence-electron chi connectivity index (χ0n) is 9.16. The molecule has 2 rings (SSSR count). The van der Waals surface area contributed by atoms with Crippen LogP contribution in [-0.2, 0) is 11.2 Å². The van der Waals surface area contributed by atoms with Gasteiger partial charge in [0.1, 0.15) is 0 Å². The number of nitrogens with two attached hydrogens (primary N) is 1. The maximum absolute atomic E-state index is 11.2. The minimum atomic E-state index is 0.0941. The van der Waals surface area contributed by atoms with E-state index in [0.29, 0.717) is 5.75 Å². The van der Waals surface area contributed by atoms with E-state index in [1.165, 1.54) is 10.5 Å². The molecule has 3 nitrogen and oxygen atoms in total. The van der Waals surface area contributed by atoms with Gasteiger partial charge in [-0.1, -0.05) is 6.07 Å². The fourth-order valence-electron chi connectivity index (χ4n) is 1.76. The standard InChI is InChI=1S/C12H16N2OS/c13-6-2-1-3-9-4-5-11-10(7-9)14-12(15)8-16-11/h4-5,7H,1-3,6,8,13H2,(H,14,15). The summed E-state index contributed by atoms with van der Waals surface area (Å²) in [6, 6.07) is 6.31. The monoisotopic (exact) mass is 236 g/mol. The predicted molar refractivity (Wildman–Crippen MR) is 67.8 cm³/mol. The Morgan fingerprint density at radius 3 is 3.06 bits per heavy atom. The van der Waals surface area contributed by atoms with Crippen molar-refractivity contribution in [3.8, 4) is 0 Å². The summed E-state index contributed by atoms with van der Waals surface area (Å²) in [5.41, 5.74) is 7.70. The molecule has 1 heterocycles. The normalized spacial score (nSPS) is 14.4. The van der Waals surface area contributed by atoms with Gasteiger partial charge >= 0.3 is 0 Å². The molecule has 0 aromatic heterocycles. The minimum absolute atomic E-state index is 0.0941. The van der Waals surface area contributed by atoms with Crippen LogP contribution in [-0.4, -0.2) is 18.2 Å². The molecule has 0 fully saturated rings. The Hall–Kier alpha value is -1.000. The summed E-state index contributed by atoms with van der Waals surface area (Å²) >= 11 is 1.60. The minimum Gasteiger partial charge on any atom is -0.330 e. The molecule has 4 heteroatoms. The van der Waals surface area contributed by atoms with Crippen molar-refractivity contribution in [2.45, 2.75) is 24.2 Å². The van der Waals surface area contributed by atoms with Crippen LogP contribution < -0.4 is 11.1 Å². The lowest BCUT2D eigenvalue weighted by molar-refractivity contribution is -0.113. The number of unbranched alkanes of at least 4 members (excludes halogenated alkanes) is 1. The number of nitrogens with one attached hydrogen (secondary N) is 1. The summed E-state index contributed by atoms with van der Waals surface area (Å²) in [4.78, 5) is 12.4. The van der Waals surface area contributed by atoms with Crippen LogP contribution in [0.2, 0.25) is 0 Å². The van der Waals surface area contributed by atoms with Crippen molar-refractivity contribution in [2.24, 2.45) is 5.73 Å². The molecule has 1 aliphatic heterocycles. The van der Waals surface area contributed by atoms with E-state index in [1.807, 2.05) is 0 Å². The summed E-state index contributed by atoms with van der Waals surface area (Å²) in [5, 5.41) is 2.91. The zero-order chi connectivity index (χ0) is 11.4. The van der Waals surface area contributed by atoms with Gasteiger partial charge in [-0.2, -0.15) is 0 Å². The van der Waals surface area contributed by atoms with Gasteiger partial charge in [-0.15, -0.1) is 11.8 Å². The van der Waals surface area contributed by atoms with Crippen molar-refractivity contribution in [2.75, 3.05) is 17.6 Å². The second kappa shape index (κ2) is 5.37. The van der Waals surface area contributed by atoms with Crippen molar-refractivity contribution >= 4 is 23.4 Å². The van der Waals surface area contributed by atoms with E-state index in [4.69, 9.17) is 5.73 Å². The molecule has 3 N–H and O–H groups in total. The number of aryl methyl sites for hydroxylation is 1. The van der Waals surface area contributed by atoms with Crippen LogP contribution in [0.3, 0.4) is 0 Å². The van der Waals surface area contributed by atoms with Crippen molar-refractivity contribution in [1.29, 1.82) is 0 Å². The number of anilines is 1. The van der Waals surface area contributed by atoms with Crippen LogP contribution >= 0.6 is 11.8 Å². The Balaban J connectivity index is 2.06. The SMILES string of the molecule is NCCCCc1ccc2c(c1)NC(=O)CS2. The lowest BCUT2D eigenvalue weighted by Crippen LogP contribution is -2.18. The number of hydrogen-bond donors (Lipinski definition) is 2. The van der Waals surface area contributed by atoms with Crippen LogP contribution in [0.15, 0.2) is 23.1 Å². The second-order valence-corrected chi connectivity index (χ2v) is 4.93. The second-order valence-electron chi connectivity index (χ2n) is 3.91. The van der Waals surface area contributed by atoms with Crippen LogP contribution in [0, 0.1) is 0 Å². The van der Waals surface area contributed by atoms with E-state index >= 15 is 0 Å². The largest absolute Gasteiger partial charge is 0.330 e. The summed E-state index contributed by atoms with van der Waals surface area (Å²) < 4.78 is 0. The first kappa shape index (κ1) is 11.5. The Kier molecular flexibility index (Phi) is 3.85. The lowest BCUT2D eigenvalue weighted by Gasteiger charge is -2.17. The van der Waals surface area contributed by atoms with Crippen LogP contribution in [0.4, 0.5) is 5.69 Å². The molecule has 86 valence electrons. The Morgan fingerprint density at radius 2 is 2.25 bits per heavy atom. The van der Waals surface area contributed by atoms with Gasteiger partial charge in [0.05, 0.1) is 11.4 Å². The highest BCUT2D eigenvalue weighted by atomic mass is 32.2. The van der Waals surface area contributed by atoms with Crippen LogP contribution in [0.25, 0.3) is 0 Å². The molecule has 0 saturated heterocycles. The van der Waals surface area contributed by atoms with E-state index in [0.717, 1.165) is 31.5 Å². The van der Waals surface area contributed by atoms with Crippen molar-refractivity contribution in [1.82, 2.24) is 0 Å². The number of rotatable bonds is 4. The fourth-order valence-corrected chi connectivity index (χ4v) is 2.55. The van der Waals surface area contributed by atoms with Gasteiger partial charge in [0.15, 0.2) is 0 Å². The number of benzene rings is 1. The predicted octanol–water partition coefficient (Wildman–Crippen LogP) is 2.01. The Morgan fingerprint density at radius 1 is 1.38 bits per heavy atom. The molecule has 0 bridgehead atoms. The van der Waals surface area contributed by atoms with E-state index in [1.54, 1.807) is 11.8 Å². The first-order valence-electron chi connectivity index (χ1n) is 5.55. The molecular weight excluding hydrogens is 220 g/mol. The third-order valence-corrected chi connectivity index (χ3v) is 3.67. The molecule has 0 spiro atoms.